The summed E-state index contributed by atoms with van der Waals surface area (Å²) in [6.45, 7) is 6.10. The van der Waals surface area contributed by atoms with Gasteiger partial charge in [-0.3, -0.25) is 4.79 Å². The van der Waals surface area contributed by atoms with E-state index in [-0.39, 0.29) is 17.2 Å². The summed E-state index contributed by atoms with van der Waals surface area (Å²) in [6, 6.07) is 12.2. The van der Waals surface area contributed by atoms with E-state index >= 15 is 0 Å². The fraction of sp³-hybridized carbons (Fsp3) is 0.273. The molecule has 154 valence electrons. The van der Waals surface area contributed by atoms with Crippen LogP contribution in [0.3, 0.4) is 0 Å². The molecule has 2 aromatic carbocycles. The number of aromatic nitrogens is 4. The smallest absolute Gasteiger partial charge is 0.360 e. The van der Waals surface area contributed by atoms with Crippen molar-refractivity contribution < 1.29 is 9.53 Å². The van der Waals surface area contributed by atoms with Crippen LogP contribution in [-0.4, -0.2) is 25.7 Å². The number of nitrogens with one attached hydrogen (secondary N) is 1. The molecular weight excluding hydrogens is 404 g/mol. The molecule has 0 amide bonds. The SMILES string of the molecule is CC(C)Cn1nc(C(=O)OC(C)c2nc3ccc(Cl)cc3[nH]2)c2ccccc2c1=O. The Kier molecular flexibility index (Phi) is 5.30. The van der Waals surface area contributed by atoms with E-state index in [4.69, 9.17) is 16.3 Å². The third-order valence-corrected chi connectivity index (χ3v) is 4.97. The van der Waals surface area contributed by atoms with Gasteiger partial charge in [-0.2, -0.15) is 5.10 Å². The highest BCUT2D eigenvalue weighted by atomic mass is 35.5. The van der Waals surface area contributed by atoms with Crippen LogP contribution in [0.5, 0.6) is 0 Å². The van der Waals surface area contributed by atoms with Crippen molar-refractivity contribution in [2.75, 3.05) is 0 Å². The Labute approximate surface area is 177 Å². The molecule has 7 nitrogen and oxygen atoms in total. The number of ether oxygens (including phenoxy) is 1. The fourth-order valence-electron chi connectivity index (χ4n) is 3.32. The molecule has 4 rings (SSSR count). The standard InChI is InChI=1S/C22H21ClN4O3/c1-12(2)11-27-21(28)16-7-5-4-6-15(16)19(26-27)22(29)30-13(3)20-24-17-9-8-14(23)10-18(17)25-20/h4-10,12-13H,11H2,1-3H3,(H,24,25). The lowest BCUT2D eigenvalue weighted by molar-refractivity contribution is 0.0314. The van der Waals surface area contributed by atoms with Gasteiger partial charge < -0.3 is 9.72 Å². The molecule has 2 aromatic heterocycles. The van der Waals surface area contributed by atoms with E-state index in [0.29, 0.717) is 28.2 Å². The topological polar surface area (TPSA) is 89.9 Å². The predicted molar refractivity (Wildman–Crippen MR) is 116 cm³/mol. The summed E-state index contributed by atoms with van der Waals surface area (Å²) in [6.07, 6.45) is -0.644. The largest absolute Gasteiger partial charge is 0.450 e. The van der Waals surface area contributed by atoms with Gasteiger partial charge in [0, 0.05) is 17.0 Å². The van der Waals surface area contributed by atoms with Crippen molar-refractivity contribution in [3.63, 3.8) is 0 Å². The first-order valence-electron chi connectivity index (χ1n) is 9.69. The normalized spacial score (nSPS) is 12.6. The first kappa shape index (κ1) is 20.1. The molecule has 0 fully saturated rings. The molecule has 1 atom stereocenters. The number of hydrogen-bond donors (Lipinski definition) is 1. The van der Waals surface area contributed by atoms with Crippen LogP contribution in [0.1, 0.15) is 43.2 Å². The van der Waals surface area contributed by atoms with Crippen LogP contribution >= 0.6 is 11.6 Å². The van der Waals surface area contributed by atoms with Crippen molar-refractivity contribution in [3.05, 3.63) is 69.4 Å². The summed E-state index contributed by atoms with van der Waals surface area (Å²) in [7, 11) is 0. The van der Waals surface area contributed by atoms with Gasteiger partial charge in [-0.25, -0.2) is 14.5 Å². The number of fused-ring (bicyclic) bond motifs is 2. The first-order valence-corrected chi connectivity index (χ1v) is 10.1. The third kappa shape index (κ3) is 3.80. The second-order valence-corrected chi connectivity index (χ2v) is 8.04. The molecule has 0 radical (unpaired) electrons. The van der Waals surface area contributed by atoms with E-state index in [2.05, 4.69) is 15.1 Å². The molecule has 30 heavy (non-hydrogen) atoms. The van der Waals surface area contributed by atoms with Gasteiger partial charge in [-0.05, 0) is 37.1 Å². The monoisotopic (exact) mass is 424 g/mol. The van der Waals surface area contributed by atoms with Gasteiger partial charge in [0.1, 0.15) is 5.82 Å². The van der Waals surface area contributed by atoms with Crippen LogP contribution < -0.4 is 5.56 Å². The quantitative estimate of drug-likeness (QED) is 0.476. The number of nitrogens with zero attached hydrogens (tertiary/aromatic N) is 3. The van der Waals surface area contributed by atoms with E-state index in [9.17, 15) is 9.59 Å². The number of benzene rings is 2. The molecule has 0 saturated carbocycles. The number of halogens is 1. The van der Waals surface area contributed by atoms with Crippen LogP contribution in [0.25, 0.3) is 21.8 Å². The van der Waals surface area contributed by atoms with Gasteiger partial charge in [0.25, 0.3) is 5.56 Å². The Hall–Kier alpha value is -3.19. The van der Waals surface area contributed by atoms with Gasteiger partial charge in [-0.1, -0.05) is 43.6 Å². The van der Waals surface area contributed by atoms with Crippen LogP contribution in [0, 0.1) is 5.92 Å². The molecule has 0 aliphatic heterocycles. The summed E-state index contributed by atoms with van der Waals surface area (Å²) in [4.78, 5) is 33.3. The highest BCUT2D eigenvalue weighted by molar-refractivity contribution is 6.31. The molecule has 0 bridgehead atoms. The van der Waals surface area contributed by atoms with Crippen molar-refractivity contribution in [3.8, 4) is 0 Å². The van der Waals surface area contributed by atoms with Gasteiger partial charge in [-0.15, -0.1) is 0 Å². The van der Waals surface area contributed by atoms with E-state index in [1.54, 1.807) is 49.4 Å². The number of hydrogen-bond acceptors (Lipinski definition) is 5. The van der Waals surface area contributed by atoms with Crippen LogP contribution in [0.4, 0.5) is 0 Å². The lowest BCUT2D eigenvalue weighted by atomic mass is 10.1. The van der Waals surface area contributed by atoms with Gasteiger partial charge in [0.05, 0.1) is 16.4 Å². The molecule has 2 heterocycles. The number of carbonyl (C=O) groups excluding carboxylic acids is 1. The zero-order chi connectivity index (χ0) is 21.4. The second-order valence-electron chi connectivity index (χ2n) is 7.61. The average Bonchev–Trinajstić information content (AvgIpc) is 3.13. The number of imidazole rings is 1. The highest BCUT2D eigenvalue weighted by Gasteiger charge is 2.22. The summed E-state index contributed by atoms with van der Waals surface area (Å²) in [5, 5.41) is 5.82. The van der Waals surface area contributed by atoms with E-state index in [0.717, 1.165) is 11.0 Å². The maximum Gasteiger partial charge on any atom is 0.360 e. The summed E-state index contributed by atoms with van der Waals surface area (Å²) in [5.74, 6) is 0.0802. The van der Waals surface area contributed by atoms with Crippen molar-refractivity contribution >= 4 is 39.4 Å². The lowest BCUT2D eigenvalue weighted by Gasteiger charge is -2.14. The van der Waals surface area contributed by atoms with Gasteiger partial charge in [0.15, 0.2) is 11.8 Å². The Morgan fingerprint density at radius 1 is 1.17 bits per heavy atom. The summed E-state index contributed by atoms with van der Waals surface area (Å²) >= 11 is 6.02. The van der Waals surface area contributed by atoms with E-state index < -0.39 is 12.1 Å². The summed E-state index contributed by atoms with van der Waals surface area (Å²) < 4.78 is 6.98. The highest BCUT2D eigenvalue weighted by Crippen LogP contribution is 2.23. The van der Waals surface area contributed by atoms with E-state index in [1.165, 1.54) is 4.68 Å². The third-order valence-electron chi connectivity index (χ3n) is 4.73. The molecule has 1 N–H and O–H groups in total. The first-order chi connectivity index (χ1) is 14.3. The van der Waals surface area contributed by atoms with Crippen molar-refractivity contribution in [1.82, 2.24) is 19.7 Å². The van der Waals surface area contributed by atoms with Crippen LogP contribution in [0.15, 0.2) is 47.3 Å². The van der Waals surface area contributed by atoms with Gasteiger partial charge >= 0.3 is 5.97 Å². The predicted octanol–water partition coefficient (Wildman–Crippen LogP) is 4.50. The molecule has 0 spiro atoms. The van der Waals surface area contributed by atoms with Crippen molar-refractivity contribution in [2.24, 2.45) is 5.92 Å². The van der Waals surface area contributed by atoms with Crippen LogP contribution in [0.2, 0.25) is 5.02 Å². The molecular formula is C22H21ClN4O3. The molecule has 1 unspecified atom stereocenters. The molecule has 0 aliphatic rings. The summed E-state index contributed by atoms with van der Waals surface area (Å²) in [5.41, 5.74) is 1.37. The molecule has 4 aromatic rings. The number of rotatable bonds is 5. The zero-order valence-corrected chi connectivity index (χ0v) is 17.6. The van der Waals surface area contributed by atoms with Crippen molar-refractivity contribution in [2.45, 2.75) is 33.4 Å². The zero-order valence-electron chi connectivity index (χ0n) is 16.8. The Bertz CT molecular complexity index is 1310. The number of carbonyl (C=O) groups is 1. The molecule has 0 saturated heterocycles. The average molecular weight is 425 g/mol. The maximum absolute atomic E-state index is 13.0. The van der Waals surface area contributed by atoms with Crippen LogP contribution in [-0.2, 0) is 11.3 Å². The minimum atomic E-state index is -0.644. The molecule has 0 aliphatic carbocycles. The number of H-pyrrole nitrogens is 1. The Balaban J connectivity index is 1.69. The second kappa shape index (κ2) is 7.91. The van der Waals surface area contributed by atoms with Gasteiger partial charge in [0.2, 0.25) is 0 Å². The maximum atomic E-state index is 13.0. The number of aromatic amines is 1. The lowest BCUT2D eigenvalue weighted by Crippen LogP contribution is -2.28. The minimum Gasteiger partial charge on any atom is -0.450 e. The minimum absolute atomic E-state index is 0.108. The molecule has 8 heteroatoms. The number of esters is 1. The van der Waals surface area contributed by atoms with Crippen molar-refractivity contribution in [1.29, 1.82) is 0 Å². The van der Waals surface area contributed by atoms with E-state index in [1.807, 2.05) is 13.8 Å². The Morgan fingerprint density at radius 3 is 2.63 bits per heavy atom. The fourth-order valence-corrected chi connectivity index (χ4v) is 3.49. The Morgan fingerprint density at radius 2 is 1.90 bits per heavy atom.